The van der Waals surface area contributed by atoms with E-state index in [4.69, 9.17) is 4.74 Å². The molecule has 0 radical (unpaired) electrons. The lowest BCUT2D eigenvalue weighted by molar-refractivity contribution is 0.0426. The van der Waals surface area contributed by atoms with Gasteiger partial charge in [-0.2, -0.15) is 0 Å². The smallest absolute Gasteiger partial charge is 0.150 e. The van der Waals surface area contributed by atoms with Crippen LogP contribution in [0.2, 0.25) is 0 Å². The number of hydrogen-bond acceptors (Lipinski definition) is 4. The summed E-state index contributed by atoms with van der Waals surface area (Å²) in [5.41, 5.74) is 0. The second-order valence-electron chi connectivity index (χ2n) is 6.80. The predicted molar refractivity (Wildman–Crippen MR) is 84.4 cm³/mol. The van der Waals surface area contributed by atoms with Crippen molar-refractivity contribution in [3.05, 3.63) is 24.0 Å². The first-order valence-electron chi connectivity index (χ1n) is 8.88. The zero-order chi connectivity index (χ0) is 14.8. The maximum absolute atomic E-state index is 5.79. The Morgan fingerprint density at radius 2 is 2.05 bits per heavy atom. The van der Waals surface area contributed by atoms with Gasteiger partial charge in [-0.15, -0.1) is 10.2 Å². The number of fused-ring (bicyclic) bond motifs is 1. The number of piperidine rings is 1. The van der Waals surface area contributed by atoms with Crippen molar-refractivity contribution < 1.29 is 4.74 Å². The number of aromatic nitrogens is 3. The molecule has 22 heavy (non-hydrogen) atoms. The van der Waals surface area contributed by atoms with Crippen molar-refractivity contribution in [2.45, 2.75) is 70.1 Å². The van der Waals surface area contributed by atoms with Crippen molar-refractivity contribution in [1.82, 2.24) is 19.7 Å². The monoisotopic (exact) mass is 302 g/mol. The predicted octanol–water partition coefficient (Wildman–Crippen LogP) is 2.83. The second kappa shape index (κ2) is 6.41. The molecule has 1 saturated heterocycles. The van der Waals surface area contributed by atoms with Gasteiger partial charge in [-0.05, 0) is 51.1 Å². The van der Waals surface area contributed by atoms with Gasteiger partial charge in [-0.25, -0.2) is 0 Å². The summed E-state index contributed by atoms with van der Waals surface area (Å²) in [6.45, 7) is 3.29. The highest BCUT2D eigenvalue weighted by Crippen LogP contribution is 2.32. The molecule has 5 heteroatoms. The topological polar surface area (TPSA) is 43.2 Å². The minimum Gasteiger partial charge on any atom is -0.497 e. The summed E-state index contributed by atoms with van der Waals surface area (Å²) in [6, 6.07) is 0.433. The molecule has 5 nitrogen and oxygen atoms in total. The van der Waals surface area contributed by atoms with Crippen LogP contribution in [0.4, 0.5) is 0 Å². The lowest BCUT2D eigenvalue weighted by atomic mass is 9.99. The maximum atomic E-state index is 5.79. The van der Waals surface area contributed by atoms with Crippen LogP contribution in [0.15, 0.2) is 12.3 Å². The molecular formula is C17H26N4O. The van der Waals surface area contributed by atoms with E-state index in [-0.39, 0.29) is 0 Å². The Hall–Kier alpha value is -1.36. The number of allylic oxidation sites excluding steroid dienone is 1. The lowest BCUT2D eigenvalue weighted by Gasteiger charge is -2.37. The number of rotatable bonds is 3. The van der Waals surface area contributed by atoms with Gasteiger partial charge < -0.3 is 9.30 Å². The molecule has 120 valence electrons. The molecule has 1 fully saturated rings. The molecule has 0 spiro atoms. The molecule has 3 aliphatic heterocycles. The van der Waals surface area contributed by atoms with Crippen LogP contribution in [0.25, 0.3) is 0 Å². The zero-order valence-corrected chi connectivity index (χ0v) is 13.3. The average Bonchev–Trinajstić information content (AvgIpc) is 3.00. The molecule has 0 saturated carbocycles. The third kappa shape index (κ3) is 2.78. The van der Waals surface area contributed by atoms with Gasteiger partial charge in [-0.1, -0.05) is 6.42 Å². The molecule has 2 atom stereocenters. The summed E-state index contributed by atoms with van der Waals surface area (Å²) in [5, 5.41) is 9.04. The molecule has 4 rings (SSSR count). The lowest BCUT2D eigenvalue weighted by Crippen LogP contribution is -2.41. The van der Waals surface area contributed by atoms with Crippen LogP contribution < -0.4 is 0 Å². The second-order valence-corrected chi connectivity index (χ2v) is 6.80. The first kappa shape index (κ1) is 14.2. The molecule has 0 aromatic carbocycles. The Bertz CT molecular complexity index is 539. The molecule has 3 aliphatic rings. The highest BCUT2D eigenvalue weighted by Gasteiger charge is 2.31. The number of aryl methyl sites for hydroxylation is 1. The van der Waals surface area contributed by atoms with Crippen LogP contribution in [0, 0.1) is 0 Å². The first-order chi connectivity index (χ1) is 10.9. The molecule has 1 aromatic heterocycles. The Labute approximate surface area is 132 Å². The third-order valence-corrected chi connectivity index (χ3v) is 5.26. The van der Waals surface area contributed by atoms with E-state index < -0.39 is 0 Å². The van der Waals surface area contributed by atoms with E-state index >= 15 is 0 Å². The summed E-state index contributed by atoms with van der Waals surface area (Å²) in [7, 11) is 0. The van der Waals surface area contributed by atoms with Crippen molar-refractivity contribution in [2.24, 2.45) is 0 Å². The summed E-state index contributed by atoms with van der Waals surface area (Å²) < 4.78 is 8.19. The summed E-state index contributed by atoms with van der Waals surface area (Å²) in [4.78, 5) is 2.60. The average molecular weight is 302 g/mol. The molecular weight excluding hydrogens is 276 g/mol. The molecule has 1 aromatic rings. The standard InChI is InChI=1S/C17H26N4O/c1-4-10-20(13-14-7-3-6-12-22-14)15(8-1)17-19-18-16-9-2-5-11-21(16)17/h6,12,14-15H,1-5,7-11,13H2/t14-,15+/m0/s1. The van der Waals surface area contributed by atoms with Gasteiger partial charge in [0.2, 0.25) is 0 Å². The van der Waals surface area contributed by atoms with Gasteiger partial charge in [0.25, 0.3) is 0 Å². The number of likely N-dealkylation sites (tertiary alicyclic amines) is 1. The van der Waals surface area contributed by atoms with Crippen LogP contribution in [0.1, 0.15) is 62.6 Å². The van der Waals surface area contributed by atoms with Gasteiger partial charge >= 0.3 is 0 Å². The molecule has 0 aliphatic carbocycles. The Morgan fingerprint density at radius 1 is 1.09 bits per heavy atom. The van der Waals surface area contributed by atoms with Crippen molar-refractivity contribution in [3.63, 3.8) is 0 Å². The SMILES string of the molecule is C1=CO[C@H](CN2CCCC[C@@H]2c2nnc3n2CCCC3)CC1. The quantitative estimate of drug-likeness (QED) is 0.861. The van der Waals surface area contributed by atoms with Crippen LogP contribution in [-0.2, 0) is 17.7 Å². The zero-order valence-electron chi connectivity index (χ0n) is 13.3. The van der Waals surface area contributed by atoms with E-state index in [1.165, 1.54) is 43.8 Å². The van der Waals surface area contributed by atoms with E-state index in [0.29, 0.717) is 12.1 Å². The van der Waals surface area contributed by atoms with Crippen molar-refractivity contribution >= 4 is 0 Å². The van der Waals surface area contributed by atoms with Crippen LogP contribution in [-0.4, -0.2) is 38.9 Å². The fourth-order valence-corrected chi connectivity index (χ4v) is 4.06. The van der Waals surface area contributed by atoms with Crippen LogP contribution >= 0.6 is 0 Å². The van der Waals surface area contributed by atoms with E-state index in [9.17, 15) is 0 Å². The van der Waals surface area contributed by atoms with Crippen molar-refractivity contribution in [2.75, 3.05) is 13.1 Å². The van der Waals surface area contributed by atoms with E-state index in [2.05, 4.69) is 25.7 Å². The van der Waals surface area contributed by atoms with Gasteiger partial charge in [0.05, 0.1) is 12.3 Å². The first-order valence-corrected chi connectivity index (χ1v) is 8.88. The fourth-order valence-electron chi connectivity index (χ4n) is 4.06. The van der Waals surface area contributed by atoms with E-state index in [1.807, 2.05) is 6.26 Å². The normalized spacial score (nSPS) is 29.1. The summed E-state index contributed by atoms with van der Waals surface area (Å²) in [6.07, 6.45) is 14.0. The van der Waals surface area contributed by atoms with Gasteiger partial charge in [-0.3, -0.25) is 4.90 Å². The van der Waals surface area contributed by atoms with Gasteiger partial charge in [0.1, 0.15) is 17.8 Å². The molecule has 0 amide bonds. The highest BCUT2D eigenvalue weighted by atomic mass is 16.5. The van der Waals surface area contributed by atoms with Crippen molar-refractivity contribution in [3.8, 4) is 0 Å². The van der Waals surface area contributed by atoms with Crippen LogP contribution in [0.3, 0.4) is 0 Å². The summed E-state index contributed by atoms with van der Waals surface area (Å²) >= 11 is 0. The number of hydrogen-bond donors (Lipinski definition) is 0. The molecule has 0 N–H and O–H groups in total. The number of ether oxygens (including phenoxy) is 1. The van der Waals surface area contributed by atoms with Gasteiger partial charge in [0, 0.05) is 19.5 Å². The van der Waals surface area contributed by atoms with E-state index in [0.717, 1.165) is 38.9 Å². The highest BCUT2D eigenvalue weighted by molar-refractivity contribution is 5.05. The van der Waals surface area contributed by atoms with E-state index in [1.54, 1.807) is 0 Å². The maximum Gasteiger partial charge on any atom is 0.150 e. The molecule has 4 heterocycles. The Kier molecular flexibility index (Phi) is 4.15. The minimum atomic E-state index is 0.342. The van der Waals surface area contributed by atoms with Crippen LogP contribution in [0.5, 0.6) is 0 Å². The van der Waals surface area contributed by atoms with Gasteiger partial charge in [0.15, 0.2) is 0 Å². The minimum absolute atomic E-state index is 0.342. The van der Waals surface area contributed by atoms with Crippen molar-refractivity contribution in [1.29, 1.82) is 0 Å². The fraction of sp³-hybridized carbons (Fsp3) is 0.765. The Balaban J connectivity index is 1.52. The number of nitrogens with zero attached hydrogens (tertiary/aromatic N) is 4. The largest absolute Gasteiger partial charge is 0.497 e. The molecule has 0 unspecified atom stereocenters. The Morgan fingerprint density at radius 3 is 2.95 bits per heavy atom. The molecule has 0 bridgehead atoms. The third-order valence-electron chi connectivity index (χ3n) is 5.26. The summed E-state index contributed by atoms with van der Waals surface area (Å²) in [5.74, 6) is 2.41.